The first-order chi connectivity index (χ1) is 12.2. The van der Waals surface area contributed by atoms with Crippen LogP contribution >= 0.6 is 0 Å². The number of hydrogen-bond acceptors (Lipinski definition) is 6. The summed E-state index contributed by atoms with van der Waals surface area (Å²) >= 11 is 0. The summed E-state index contributed by atoms with van der Waals surface area (Å²) < 4.78 is 1.95. The fourth-order valence-corrected chi connectivity index (χ4v) is 2.89. The summed E-state index contributed by atoms with van der Waals surface area (Å²) in [5, 5.41) is 12.8. The molecule has 3 heterocycles. The molecule has 0 aliphatic heterocycles. The second-order valence-electron chi connectivity index (χ2n) is 5.71. The highest BCUT2D eigenvalue weighted by atomic mass is 15.1. The number of aromatic nitrogens is 4. The maximum atomic E-state index is 9.51. The number of rotatable bonds is 3. The molecule has 0 spiro atoms. The molecule has 3 N–H and O–H groups in total. The predicted octanol–water partition coefficient (Wildman–Crippen LogP) is 2.65. The van der Waals surface area contributed by atoms with Crippen molar-refractivity contribution in [2.45, 2.75) is 13.5 Å². The van der Waals surface area contributed by atoms with E-state index in [0.717, 1.165) is 22.4 Å². The van der Waals surface area contributed by atoms with E-state index in [1.807, 2.05) is 41.7 Å². The minimum atomic E-state index is 0.415. The highest BCUT2D eigenvalue weighted by Crippen LogP contribution is 2.26. The van der Waals surface area contributed by atoms with Crippen LogP contribution in [0.3, 0.4) is 0 Å². The second kappa shape index (κ2) is 5.76. The van der Waals surface area contributed by atoms with E-state index in [4.69, 9.17) is 5.73 Å². The average molecular weight is 329 g/mol. The summed E-state index contributed by atoms with van der Waals surface area (Å²) in [5.74, 6) is 1.85. The number of para-hydroxylation sites is 2. The van der Waals surface area contributed by atoms with E-state index in [1.54, 1.807) is 12.3 Å². The van der Waals surface area contributed by atoms with Crippen molar-refractivity contribution >= 4 is 28.3 Å². The molecule has 0 fully saturated rings. The minimum absolute atomic E-state index is 0.415. The number of pyridine rings is 1. The van der Waals surface area contributed by atoms with E-state index in [9.17, 15) is 5.26 Å². The van der Waals surface area contributed by atoms with Crippen molar-refractivity contribution < 1.29 is 0 Å². The molecular weight excluding hydrogens is 314 g/mol. The minimum Gasteiger partial charge on any atom is -0.384 e. The molecule has 0 saturated heterocycles. The zero-order valence-electron chi connectivity index (χ0n) is 13.6. The quantitative estimate of drug-likeness (QED) is 0.598. The van der Waals surface area contributed by atoms with E-state index in [2.05, 4.69) is 26.3 Å². The van der Waals surface area contributed by atoms with Crippen molar-refractivity contribution in [1.82, 2.24) is 19.4 Å². The van der Waals surface area contributed by atoms with Crippen LogP contribution < -0.4 is 11.1 Å². The van der Waals surface area contributed by atoms with Crippen LogP contribution in [0.5, 0.6) is 0 Å². The average Bonchev–Trinajstić information content (AvgIpc) is 2.99. The summed E-state index contributed by atoms with van der Waals surface area (Å²) in [6, 6.07) is 13.6. The van der Waals surface area contributed by atoms with Gasteiger partial charge in [0, 0.05) is 6.20 Å². The van der Waals surface area contributed by atoms with Gasteiger partial charge in [0.15, 0.2) is 5.65 Å². The van der Waals surface area contributed by atoms with Gasteiger partial charge in [0.1, 0.15) is 23.5 Å². The number of benzene rings is 1. The van der Waals surface area contributed by atoms with Crippen molar-refractivity contribution in [3.63, 3.8) is 0 Å². The number of nitriles is 1. The fourth-order valence-electron chi connectivity index (χ4n) is 2.89. The van der Waals surface area contributed by atoms with Crippen molar-refractivity contribution in [2.75, 3.05) is 11.1 Å². The molecule has 7 nitrogen and oxygen atoms in total. The van der Waals surface area contributed by atoms with Crippen molar-refractivity contribution in [1.29, 1.82) is 5.26 Å². The molecule has 0 amide bonds. The van der Waals surface area contributed by atoms with Gasteiger partial charge in [0.05, 0.1) is 23.1 Å². The number of nitrogens with two attached hydrogens (primary N) is 1. The van der Waals surface area contributed by atoms with Gasteiger partial charge in [0.2, 0.25) is 0 Å². The molecule has 0 saturated carbocycles. The molecular formula is C18H15N7. The van der Waals surface area contributed by atoms with Crippen LogP contribution in [0.1, 0.15) is 17.0 Å². The second-order valence-corrected chi connectivity index (χ2v) is 5.71. The molecule has 0 aliphatic carbocycles. The molecule has 1 aromatic carbocycles. The number of imidazole rings is 1. The van der Waals surface area contributed by atoms with Crippen LogP contribution in [-0.2, 0) is 6.54 Å². The number of nitrogens with one attached hydrogen (secondary N) is 1. The Morgan fingerprint density at radius 1 is 1.24 bits per heavy atom. The first kappa shape index (κ1) is 14.9. The SMILES string of the molecule is Cc1cc(NCc2nccc(N)n2)n2c(nc3ccccc32)c1C#N. The number of hydrogen-bond donors (Lipinski definition) is 2. The Morgan fingerprint density at radius 3 is 2.88 bits per heavy atom. The first-order valence-electron chi connectivity index (χ1n) is 7.79. The number of aryl methyl sites for hydroxylation is 1. The molecule has 3 aromatic heterocycles. The molecule has 0 radical (unpaired) electrons. The molecule has 0 unspecified atom stereocenters. The van der Waals surface area contributed by atoms with Gasteiger partial charge in [-0.15, -0.1) is 0 Å². The Balaban J connectivity index is 1.87. The third-order valence-electron chi connectivity index (χ3n) is 4.04. The third kappa shape index (κ3) is 2.50. The number of nitrogens with zero attached hydrogens (tertiary/aromatic N) is 5. The molecule has 122 valence electrons. The van der Waals surface area contributed by atoms with Gasteiger partial charge in [-0.25, -0.2) is 15.0 Å². The van der Waals surface area contributed by atoms with Gasteiger partial charge in [0.25, 0.3) is 0 Å². The van der Waals surface area contributed by atoms with E-state index in [1.165, 1.54) is 0 Å². The lowest BCUT2D eigenvalue weighted by Crippen LogP contribution is -2.09. The monoisotopic (exact) mass is 329 g/mol. The molecule has 0 bridgehead atoms. The lowest BCUT2D eigenvalue weighted by atomic mass is 10.1. The number of anilines is 2. The Morgan fingerprint density at radius 2 is 2.08 bits per heavy atom. The maximum Gasteiger partial charge on any atom is 0.157 e. The van der Waals surface area contributed by atoms with Crippen molar-refractivity contribution in [2.24, 2.45) is 0 Å². The van der Waals surface area contributed by atoms with Gasteiger partial charge >= 0.3 is 0 Å². The number of fused-ring (bicyclic) bond motifs is 3. The van der Waals surface area contributed by atoms with E-state index >= 15 is 0 Å². The van der Waals surface area contributed by atoms with Gasteiger partial charge < -0.3 is 11.1 Å². The van der Waals surface area contributed by atoms with Gasteiger partial charge in [-0.05, 0) is 36.8 Å². The largest absolute Gasteiger partial charge is 0.384 e. The zero-order chi connectivity index (χ0) is 17.4. The molecule has 7 heteroatoms. The summed E-state index contributed by atoms with van der Waals surface area (Å²) in [5.41, 5.74) is 9.56. The third-order valence-corrected chi connectivity index (χ3v) is 4.04. The zero-order valence-corrected chi connectivity index (χ0v) is 13.6. The summed E-state index contributed by atoms with van der Waals surface area (Å²) in [6.45, 7) is 2.32. The van der Waals surface area contributed by atoms with E-state index < -0.39 is 0 Å². The van der Waals surface area contributed by atoms with Crippen LogP contribution in [0.25, 0.3) is 16.7 Å². The lowest BCUT2D eigenvalue weighted by molar-refractivity contribution is 0.941. The van der Waals surface area contributed by atoms with Crippen LogP contribution in [0.2, 0.25) is 0 Å². The molecule has 4 aromatic rings. The Hall–Kier alpha value is -3.66. The van der Waals surface area contributed by atoms with E-state index in [0.29, 0.717) is 29.4 Å². The fraction of sp³-hybridized carbons (Fsp3) is 0.111. The van der Waals surface area contributed by atoms with Crippen LogP contribution in [0, 0.1) is 18.3 Å². The number of nitrogen functional groups attached to an aromatic ring is 1. The Labute approximate surface area is 143 Å². The smallest absolute Gasteiger partial charge is 0.157 e. The highest BCUT2D eigenvalue weighted by molar-refractivity contribution is 5.85. The Bertz CT molecular complexity index is 1140. The normalized spacial score (nSPS) is 10.9. The summed E-state index contributed by atoms with van der Waals surface area (Å²) in [7, 11) is 0. The Kier molecular flexibility index (Phi) is 3.43. The van der Waals surface area contributed by atoms with Crippen molar-refractivity contribution in [3.05, 3.63) is 59.5 Å². The molecule has 4 rings (SSSR count). The molecule has 0 atom stereocenters. The predicted molar refractivity (Wildman–Crippen MR) is 95.9 cm³/mol. The maximum absolute atomic E-state index is 9.51. The first-order valence-corrected chi connectivity index (χ1v) is 7.79. The summed E-state index contributed by atoms with van der Waals surface area (Å²) in [4.78, 5) is 13.0. The van der Waals surface area contributed by atoms with Gasteiger partial charge in [-0.3, -0.25) is 4.40 Å². The van der Waals surface area contributed by atoms with Gasteiger partial charge in [-0.2, -0.15) is 5.26 Å². The van der Waals surface area contributed by atoms with Crippen molar-refractivity contribution in [3.8, 4) is 6.07 Å². The molecule has 25 heavy (non-hydrogen) atoms. The van der Waals surface area contributed by atoms with Gasteiger partial charge in [-0.1, -0.05) is 12.1 Å². The van der Waals surface area contributed by atoms with E-state index in [-0.39, 0.29) is 0 Å². The summed E-state index contributed by atoms with van der Waals surface area (Å²) in [6.07, 6.45) is 1.63. The standard InChI is InChI=1S/C18H15N7/c1-11-8-17(22-10-16-21-7-6-15(20)24-16)25-14-5-3-2-4-13(14)23-18(25)12(11)9-19/h2-8,22H,10H2,1H3,(H2,20,21,24). The topological polar surface area (TPSA) is 105 Å². The van der Waals surface area contributed by atoms with Crippen LogP contribution in [0.4, 0.5) is 11.6 Å². The van der Waals surface area contributed by atoms with Crippen LogP contribution in [-0.4, -0.2) is 19.4 Å². The molecule has 0 aliphatic rings. The highest BCUT2D eigenvalue weighted by Gasteiger charge is 2.15. The van der Waals surface area contributed by atoms with Crippen LogP contribution in [0.15, 0.2) is 42.6 Å². The lowest BCUT2D eigenvalue weighted by Gasteiger charge is -2.12.